The minimum atomic E-state index is -3.77. The van der Waals surface area contributed by atoms with Crippen LogP contribution < -0.4 is 9.60 Å². The molecule has 0 saturated heterocycles. The van der Waals surface area contributed by atoms with E-state index in [1.165, 1.54) is 39.8 Å². The van der Waals surface area contributed by atoms with Gasteiger partial charge in [-0.05, 0) is 24.0 Å². The number of sulfonamides is 1. The van der Waals surface area contributed by atoms with Crippen LogP contribution in [0.25, 0.3) is 10.2 Å². The first-order chi connectivity index (χ1) is 10.9. The van der Waals surface area contributed by atoms with Crippen LogP contribution in [0.5, 0.6) is 0 Å². The standard InChI is InChI=1S/C12H12N4O3S4/c1-3-20-11-14-13-10(22-11)15-23(18,19)7-4-5-8-9(6-7)21-12(17)16(8)2/h4-6H,3H2,1-2H3,(H,13,15). The highest BCUT2D eigenvalue weighted by atomic mass is 32.2. The first kappa shape index (κ1) is 16.4. The molecule has 0 radical (unpaired) electrons. The molecule has 1 aromatic carbocycles. The van der Waals surface area contributed by atoms with Gasteiger partial charge in [0.1, 0.15) is 0 Å². The third-order valence-corrected chi connectivity index (χ3v) is 7.29. The van der Waals surface area contributed by atoms with Crippen LogP contribution in [0.1, 0.15) is 6.92 Å². The Hall–Kier alpha value is -1.43. The van der Waals surface area contributed by atoms with Gasteiger partial charge in [-0.15, -0.1) is 10.2 Å². The molecule has 1 N–H and O–H groups in total. The van der Waals surface area contributed by atoms with Crippen molar-refractivity contribution < 1.29 is 8.42 Å². The lowest BCUT2D eigenvalue weighted by Gasteiger charge is -2.04. The van der Waals surface area contributed by atoms with Gasteiger partial charge in [0.25, 0.3) is 10.0 Å². The van der Waals surface area contributed by atoms with Gasteiger partial charge in [0.05, 0.1) is 15.1 Å². The summed E-state index contributed by atoms with van der Waals surface area (Å²) in [5, 5.41) is 7.97. The predicted molar refractivity (Wildman–Crippen MR) is 94.2 cm³/mol. The fourth-order valence-electron chi connectivity index (χ4n) is 1.89. The average Bonchev–Trinajstić information content (AvgIpc) is 3.04. The molecule has 0 atom stereocenters. The summed E-state index contributed by atoms with van der Waals surface area (Å²) in [4.78, 5) is 11.6. The van der Waals surface area contributed by atoms with Crippen LogP contribution in [0.15, 0.2) is 32.2 Å². The fourth-order valence-corrected chi connectivity index (χ4v) is 5.79. The van der Waals surface area contributed by atoms with E-state index in [0.29, 0.717) is 14.6 Å². The van der Waals surface area contributed by atoms with Crippen molar-refractivity contribution in [3.05, 3.63) is 27.9 Å². The Kier molecular flexibility index (Phi) is 4.45. The van der Waals surface area contributed by atoms with E-state index in [2.05, 4.69) is 14.9 Å². The first-order valence-corrected chi connectivity index (χ1v) is 10.6. The molecule has 7 nitrogen and oxygen atoms in total. The zero-order valence-corrected chi connectivity index (χ0v) is 15.4. The van der Waals surface area contributed by atoms with Gasteiger partial charge in [-0.25, -0.2) is 8.42 Å². The third-order valence-electron chi connectivity index (χ3n) is 2.97. The SMILES string of the molecule is CCSc1nnc(NS(=O)(=O)c2ccc3c(c2)sc(=O)n3C)s1. The number of hydrogen-bond acceptors (Lipinski definition) is 8. The van der Waals surface area contributed by atoms with Crippen LogP contribution >= 0.6 is 34.4 Å². The monoisotopic (exact) mass is 388 g/mol. The molecule has 0 aliphatic carbocycles. The van der Waals surface area contributed by atoms with Crippen LogP contribution in [-0.4, -0.2) is 28.9 Å². The summed E-state index contributed by atoms with van der Waals surface area (Å²) in [6.45, 7) is 1.98. The van der Waals surface area contributed by atoms with Gasteiger partial charge >= 0.3 is 4.87 Å². The lowest BCUT2D eigenvalue weighted by Crippen LogP contribution is -2.12. The largest absolute Gasteiger partial charge is 0.307 e. The molecule has 3 aromatic rings. The molecule has 0 spiro atoms. The Labute approximate surface area is 144 Å². The van der Waals surface area contributed by atoms with Crippen LogP contribution in [0.3, 0.4) is 0 Å². The summed E-state index contributed by atoms with van der Waals surface area (Å²) >= 11 is 3.70. The highest BCUT2D eigenvalue weighted by Gasteiger charge is 2.18. The summed E-state index contributed by atoms with van der Waals surface area (Å²) in [6.07, 6.45) is 0. The third kappa shape index (κ3) is 3.27. The highest BCUT2D eigenvalue weighted by molar-refractivity contribution is 8.01. The van der Waals surface area contributed by atoms with E-state index in [-0.39, 0.29) is 14.9 Å². The molecular formula is C12H12N4O3S4. The minimum absolute atomic E-state index is 0.0896. The van der Waals surface area contributed by atoms with Gasteiger partial charge in [0.2, 0.25) is 5.13 Å². The number of anilines is 1. The lowest BCUT2D eigenvalue weighted by molar-refractivity contribution is 0.601. The second-order valence-corrected chi connectivity index (χ2v) is 9.63. The normalized spacial score (nSPS) is 11.9. The van der Waals surface area contributed by atoms with Gasteiger partial charge in [-0.1, -0.05) is 41.4 Å². The average molecular weight is 389 g/mol. The Bertz CT molecular complexity index is 1020. The zero-order chi connectivity index (χ0) is 16.6. The molecule has 23 heavy (non-hydrogen) atoms. The molecule has 122 valence electrons. The van der Waals surface area contributed by atoms with Gasteiger partial charge in [0, 0.05) is 7.05 Å². The van der Waals surface area contributed by atoms with Crippen molar-refractivity contribution in [1.29, 1.82) is 0 Å². The van der Waals surface area contributed by atoms with E-state index in [0.717, 1.165) is 17.1 Å². The number of aryl methyl sites for hydroxylation is 1. The molecular weight excluding hydrogens is 376 g/mol. The van der Waals surface area contributed by atoms with Crippen LogP contribution in [0.2, 0.25) is 0 Å². The van der Waals surface area contributed by atoms with Crippen molar-refractivity contribution in [1.82, 2.24) is 14.8 Å². The fraction of sp³-hybridized carbons (Fsp3) is 0.250. The molecule has 0 aliphatic rings. The number of rotatable bonds is 5. The second kappa shape index (κ2) is 6.23. The first-order valence-electron chi connectivity index (χ1n) is 6.49. The summed E-state index contributed by atoms with van der Waals surface area (Å²) < 4.78 is 30.1. The molecule has 2 aromatic heterocycles. The minimum Gasteiger partial charge on any atom is -0.302 e. The Morgan fingerprint density at radius 2 is 2.09 bits per heavy atom. The number of aromatic nitrogens is 3. The quantitative estimate of drug-likeness (QED) is 0.675. The summed E-state index contributed by atoms with van der Waals surface area (Å²) in [5.74, 6) is 0.838. The molecule has 0 amide bonds. The maximum Gasteiger partial charge on any atom is 0.307 e. The highest BCUT2D eigenvalue weighted by Crippen LogP contribution is 2.28. The summed E-state index contributed by atoms with van der Waals surface area (Å²) in [6, 6.07) is 4.59. The molecule has 0 saturated carbocycles. The van der Waals surface area contributed by atoms with Crippen molar-refractivity contribution in [3.8, 4) is 0 Å². The predicted octanol–water partition coefficient (Wildman–Crippen LogP) is 2.36. The second-order valence-electron chi connectivity index (χ2n) is 4.47. The van der Waals surface area contributed by atoms with E-state index in [4.69, 9.17) is 0 Å². The van der Waals surface area contributed by atoms with Crippen molar-refractivity contribution >= 4 is 59.8 Å². The molecule has 11 heteroatoms. The number of thioether (sulfide) groups is 1. The lowest BCUT2D eigenvalue weighted by atomic mass is 10.3. The number of nitrogens with zero attached hydrogens (tertiary/aromatic N) is 3. The molecule has 0 bridgehead atoms. The Morgan fingerprint density at radius 1 is 1.30 bits per heavy atom. The molecule has 0 unspecified atom stereocenters. The Balaban J connectivity index is 1.93. The van der Waals surface area contributed by atoms with Gasteiger partial charge in [-0.2, -0.15) is 0 Å². The number of hydrogen-bond donors (Lipinski definition) is 1. The van der Waals surface area contributed by atoms with Crippen molar-refractivity contribution in [2.45, 2.75) is 16.2 Å². The van der Waals surface area contributed by atoms with Crippen molar-refractivity contribution in [3.63, 3.8) is 0 Å². The Morgan fingerprint density at radius 3 is 2.83 bits per heavy atom. The van der Waals surface area contributed by atoms with Gasteiger partial charge in [-0.3, -0.25) is 9.52 Å². The van der Waals surface area contributed by atoms with E-state index in [9.17, 15) is 13.2 Å². The summed E-state index contributed by atoms with van der Waals surface area (Å²) in [7, 11) is -2.11. The van der Waals surface area contributed by atoms with E-state index >= 15 is 0 Å². The van der Waals surface area contributed by atoms with E-state index in [1.54, 1.807) is 13.1 Å². The summed E-state index contributed by atoms with van der Waals surface area (Å²) in [5.41, 5.74) is 0.705. The van der Waals surface area contributed by atoms with Crippen molar-refractivity contribution in [2.75, 3.05) is 10.5 Å². The van der Waals surface area contributed by atoms with E-state index in [1.807, 2.05) is 6.92 Å². The number of fused-ring (bicyclic) bond motifs is 1. The zero-order valence-electron chi connectivity index (χ0n) is 12.1. The number of thiazole rings is 1. The number of nitrogens with one attached hydrogen (secondary N) is 1. The maximum absolute atomic E-state index is 12.4. The molecule has 2 heterocycles. The van der Waals surface area contributed by atoms with Crippen LogP contribution in [-0.2, 0) is 17.1 Å². The number of benzene rings is 1. The molecule has 3 rings (SSSR count). The smallest absolute Gasteiger partial charge is 0.302 e. The van der Waals surface area contributed by atoms with Crippen LogP contribution in [0.4, 0.5) is 5.13 Å². The molecule has 0 fully saturated rings. The van der Waals surface area contributed by atoms with Crippen LogP contribution in [0, 0.1) is 0 Å². The van der Waals surface area contributed by atoms with Gasteiger partial charge in [0.15, 0.2) is 4.34 Å². The maximum atomic E-state index is 12.4. The van der Waals surface area contributed by atoms with Crippen molar-refractivity contribution in [2.24, 2.45) is 7.05 Å². The topological polar surface area (TPSA) is 94.0 Å². The van der Waals surface area contributed by atoms with E-state index < -0.39 is 10.0 Å². The molecule has 0 aliphatic heterocycles. The van der Waals surface area contributed by atoms with Gasteiger partial charge < -0.3 is 4.57 Å².